The first-order valence-corrected chi connectivity index (χ1v) is 7.46. The van der Waals surface area contributed by atoms with Crippen molar-refractivity contribution in [3.05, 3.63) is 0 Å². The summed E-state index contributed by atoms with van der Waals surface area (Å²) in [5, 5.41) is 6.73. The predicted octanol–water partition coefficient (Wildman–Crippen LogP) is 0.153. The first kappa shape index (κ1) is 12.9. The van der Waals surface area contributed by atoms with Crippen LogP contribution in [0.15, 0.2) is 0 Å². The molecule has 90 valence electrons. The normalized spacial score (nSPS) is 27.1. The van der Waals surface area contributed by atoms with Crippen molar-refractivity contribution in [1.82, 2.24) is 10.6 Å². The van der Waals surface area contributed by atoms with Crippen molar-refractivity contribution >= 4 is 9.84 Å². The topological polar surface area (TPSA) is 58.2 Å². The van der Waals surface area contributed by atoms with Crippen molar-refractivity contribution in [2.75, 3.05) is 31.1 Å². The molecule has 1 aliphatic rings. The highest BCUT2D eigenvalue weighted by Crippen LogP contribution is 2.12. The minimum atomic E-state index is -2.79. The van der Waals surface area contributed by atoms with Gasteiger partial charge in [0.2, 0.25) is 0 Å². The van der Waals surface area contributed by atoms with E-state index in [2.05, 4.69) is 17.6 Å². The van der Waals surface area contributed by atoms with Crippen LogP contribution >= 0.6 is 0 Å². The van der Waals surface area contributed by atoms with Crippen LogP contribution < -0.4 is 10.6 Å². The molecule has 1 atom stereocenters. The van der Waals surface area contributed by atoms with E-state index in [0.29, 0.717) is 12.2 Å². The van der Waals surface area contributed by atoms with Gasteiger partial charge in [-0.3, -0.25) is 0 Å². The third kappa shape index (κ3) is 4.49. The molecule has 0 bridgehead atoms. The van der Waals surface area contributed by atoms with Crippen molar-refractivity contribution in [2.24, 2.45) is 0 Å². The van der Waals surface area contributed by atoms with E-state index in [4.69, 9.17) is 0 Å². The summed E-state index contributed by atoms with van der Waals surface area (Å²) in [6.45, 7) is 6.70. The molecule has 0 aromatic carbocycles. The second-order valence-corrected chi connectivity index (χ2v) is 6.98. The van der Waals surface area contributed by atoms with Gasteiger partial charge in [-0.05, 0) is 32.9 Å². The summed E-state index contributed by atoms with van der Waals surface area (Å²) in [5.41, 5.74) is 0.163. The molecule has 0 aromatic rings. The summed E-state index contributed by atoms with van der Waals surface area (Å²) in [6.07, 6.45) is 1.83. The summed E-state index contributed by atoms with van der Waals surface area (Å²) in [6, 6.07) is 0. The van der Waals surface area contributed by atoms with Crippen molar-refractivity contribution in [1.29, 1.82) is 0 Å². The highest BCUT2D eigenvalue weighted by Gasteiger charge is 2.27. The molecule has 0 amide bonds. The average Bonchev–Trinajstić information content (AvgIpc) is 2.61. The van der Waals surface area contributed by atoms with Crippen LogP contribution in [0.2, 0.25) is 0 Å². The van der Waals surface area contributed by atoms with Gasteiger partial charge in [0, 0.05) is 17.8 Å². The summed E-state index contributed by atoms with van der Waals surface area (Å²) < 4.78 is 22.5. The second-order valence-electron chi connectivity index (χ2n) is 4.50. The molecular weight excluding hydrogens is 212 g/mol. The van der Waals surface area contributed by atoms with Crippen molar-refractivity contribution in [3.8, 4) is 0 Å². The Morgan fingerprint density at radius 3 is 2.73 bits per heavy atom. The molecule has 1 heterocycles. The fourth-order valence-electron chi connectivity index (χ4n) is 1.79. The number of rotatable bonds is 6. The van der Waals surface area contributed by atoms with E-state index in [-0.39, 0.29) is 11.3 Å². The Labute approximate surface area is 92.7 Å². The molecule has 4 nitrogen and oxygen atoms in total. The molecule has 1 fully saturated rings. The van der Waals surface area contributed by atoms with Gasteiger partial charge in [0.15, 0.2) is 0 Å². The van der Waals surface area contributed by atoms with Gasteiger partial charge >= 0.3 is 0 Å². The Morgan fingerprint density at radius 1 is 1.47 bits per heavy atom. The third-order valence-corrected chi connectivity index (χ3v) is 4.78. The van der Waals surface area contributed by atoms with Gasteiger partial charge in [0.05, 0.1) is 5.75 Å². The Morgan fingerprint density at radius 2 is 2.20 bits per heavy atom. The van der Waals surface area contributed by atoms with E-state index in [0.717, 1.165) is 26.1 Å². The summed E-state index contributed by atoms with van der Waals surface area (Å²) >= 11 is 0. The zero-order chi connectivity index (χ0) is 11.4. The van der Waals surface area contributed by atoms with Crippen LogP contribution in [-0.2, 0) is 9.84 Å². The molecule has 2 N–H and O–H groups in total. The maximum Gasteiger partial charge on any atom is 0.150 e. The maximum absolute atomic E-state index is 11.2. The number of sulfone groups is 1. The minimum absolute atomic E-state index is 0.163. The fraction of sp³-hybridized carbons (Fsp3) is 1.00. The van der Waals surface area contributed by atoms with E-state index in [9.17, 15) is 8.42 Å². The SMILES string of the molecule is CCS(=O)(=O)CCCNC1(C)CCNC1. The average molecular weight is 234 g/mol. The Hall–Kier alpha value is -0.130. The van der Waals surface area contributed by atoms with Crippen molar-refractivity contribution in [2.45, 2.75) is 32.2 Å². The van der Waals surface area contributed by atoms with Crippen LogP contribution in [0.3, 0.4) is 0 Å². The fourth-order valence-corrected chi connectivity index (χ4v) is 2.67. The van der Waals surface area contributed by atoms with E-state index in [1.54, 1.807) is 6.92 Å². The molecule has 0 aliphatic carbocycles. The van der Waals surface area contributed by atoms with Crippen LogP contribution in [0.25, 0.3) is 0 Å². The van der Waals surface area contributed by atoms with Gasteiger partial charge in [0.25, 0.3) is 0 Å². The van der Waals surface area contributed by atoms with Gasteiger partial charge < -0.3 is 10.6 Å². The van der Waals surface area contributed by atoms with Gasteiger partial charge in [-0.1, -0.05) is 6.92 Å². The molecule has 5 heteroatoms. The Bertz CT molecular complexity index is 282. The lowest BCUT2D eigenvalue weighted by Crippen LogP contribution is -2.44. The molecule has 1 aliphatic heterocycles. The number of nitrogens with one attached hydrogen (secondary N) is 2. The summed E-state index contributed by atoms with van der Waals surface area (Å²) in [4.78, 5) is 0. The van der Waals surface area contributed by atoms with Crippen LogP contribution in [0, 0.1) is 0 Å². The Kier molecular flexibility index (Phi) is 4.55. The first-order chi connectivity index (χ1) is 6.97. The minimum Gasteiger partial charge on any atom is -0.315 e. The van der Waals surface area contributed by atoms with Crippen molar-refractivity contribution < 1.29 is 8.42 Å². The molecule has 1 saturated heterocycles. The van der Waals surface area contributed by atoms with Gasteiger partial charge in [0.1, 0.15) is 9.84 Å². The first-order valence-electron chi connectivity index (χ1n) is 5.64. The Balaban J connectivity index is 2.17. The van der Waals surface area contributed by atoms with E-state index in [1.807, 2.05) is 0 Å². The molecule has 0 radical (unpaired) electrons. The highest BCUT2D eigenvalue weighted by atomic mass is 32.2. The standard InChI is InChI=1S/C10H22N2O2S/c1-3-15(13,14)8-4-6-12-10(2)5-7-11-9-10/h11-12H,3-9H2,1-2H3. The van der Waals surface area contributed by atoms with Crippen LogP contribution in [0.5, 0.6) is 0 Å². The largest absolute Gasteiger partial charge is 0.315 e. The smallest absolute Gasteiger partial charge is 0.150 e. The van der Waals surface area contributed by atoms with E-state index >= 15 is 0 Å². The highest BCUT2D eigenvalue weighted by molar-refractivity contribution is 7.91. The summed E-state index contributed by atoms with van der Waals surface area (Å²) in [5.74, 6) is 0.561. The number of hydrogen-bond donors (Lipinski definition) is 2. The lowest BCUT2D eigenvalue weighted by atomic mass is 10.0. The maximum atomic E-state index is 11.2. The van der Waals surface area contributed by atoms with Crippen LogP contribution in [0.1, 0.15) is 26.7 Å². The molecular formula is C10H22N2O2S. The second kappa shape index (κ2) is 5.27. The lowest BCUT2D eigenvalue weighted by molar-refractivity contribution is 0.388. The zero-order valence-corrected chi connectivity index (χ0v) is 10.5. The lowest BCUT2D eigenvalue weighted by Gasteiger charge is -2.24. The van der Waals surface area contributed by atoms with E-state index < -0.39 is 9.84 Å². The molecule has 1 unspecified atom stereocenters. The summed E-state index contributed by atoms with van der Waals surface area (Å²) in [7, 11) is -2.79. The van der Waals surface area contributed by atoms with E-state index in [1.165, 1.54) is 0 Å². The monoisotopic (exact) mass is 234 g/mol. The predicted molar refractivity (Wildman–Crippen MR) is 62.8 cm³/mol. The third-order valence-electron chi connectivity index (χ3n) is 2.99. The molecule has 1 rings (SSSR count). The molecule has 0 saturated carbocycles. The molecule has 0 aromatic heterocycles. The van der Waals surface area contributed by atoms with Gasteiger partial charge in [-0.2, -0.15) is 0 Å². The van der Waals surface area contributed by atoms with Crippen molar-refractivity contribution in [3.63, 3.8) is 0 Å². The number of hydrogen-bond acceptors (Lipinski definition) is 4. The quantitative estimate of drug-likeness (QED) is 0.643. The van der Waals surface area contributed by atoms with Gasteiger partial charge in [-0.15, -0.1) is 0 Å². The molecule has 15 heavy (non-hydrogen) atoms. The zero-order valence-electron chi connectivity index (χ0n) is 9.67. The van der Waals surface area contributed by atoms with Gasteiger partial charge in [-0.25, -0.2) is 8.42 Å². The van der Waals surface area contributed by atoms with Crippen LogP contribution in [-0.4, -0.2) is 45.1 Å². The van der Waals surface area contributed by atoms with Crippen LogP contribution in [0.4, 0.5) is 0 Å². The molecule has 0 spiro atoms.